The lowest BCUT2D eigenvalue weighted by molar-refractivity contribution is 0.718. The van der Waals surface area contributed by atoms with Gasteiger partial charge in [0.15, 0.2) is 0 Å². The molecule has 0 saturated carbocycles. The predicted molar refractivity (Wildman–Crippen MR) is 195 cm³/mol. The van der Waals surface area contributed by atoms with Crippen LogP contribution in [-0.2, 0) is 0 Å². The van der Waals surface area contributed by atoms with E-state index >= 15 is 0 Å². The highest BCUT2D eigenvalue weighted by molar-refractivity contribution is 6.04. The first-order chi connectivity index (χ1) is 22.0. The number of nitrogens with one attached hydrogen (secondary N) is 4. The summed E-state index contributed by atoms with van der Waals surface area (Å²) in [5.41, 5.74) is 11.7. The van der Waals surface area contributed by atoms with Gasteiger partial charge < -0.3 is 21.3 Å². The van der Waals surface area contributed by atoms with Gasteiger partial charge in [0.1, 0.15) is 11.7 Å². The first-order valence-electron chi connectivity index (χ1n) is 16.0. The van der Waals surface area contributed by atoms with Crippen molar-refractivity contribution in [2.75, 3.05) is 33.2 Å². The summed E-state index contributed by atoms with van der Waals surface area (Å²) in [4.78, 5) is 9.21. The lowest BCUT2D eigenvalue weighted by Gasteiger charge is -2.18. The maximum Gasteiger partial charge on any atom is 0.130 e. The number of aliphatic imine (C=N–C) groups is 2. The van der Waals surface area contributed by atoms with Gasteiger partial charge in [-0.15, -0.1) is 0 Å². The number of amidine groups is 2. The zero-order valence-electron chi connectivity index (χ0n) is 27.5. The minimum absolute atomic E-state index is 0.753. The van der Waals surface area contributed by atoms with E-state index in [1.54, 1.807) is 6.20 Å². The van der Waals surface area contributed by atoms with Crippen molar-refractivity contribution in [2.24, 2.45) is 9.98 Å². The lowest BCUT2D eigenvalue weighted by atomic mass is 9.87. The fourth-order valence-corrected chi connectivity index (χ4v) is 5.44. The van der Waals surface area contributed by atoms with E-state index in [1.807, 2.05) is 19.4 Å². The number of hydrogen-bond acceptors (Lipinski definition) is 5. The SMILES string of the molecule is C=CNC1=N/C=C(CNCCC)/C=C\C(c2cccc(-c3cccc(C4=CC(=NC)N/C=C(\CNCCC)C=C4)c3C)c2C)=C1. The van der Waals surface area contributed by atoms with Crippen LogP contribution in [0.2, 0.25) is 0 Å². The molecule has 0 aliphatic carbocycles. The Morgan fingerprint density at radius 1 is 0.778 bits per heavy atom. The van der Waals surface area contributed by atoms with Crippen LogP contribution < -0.4 is 21.3 Å². The molecule has 2 heterocycles. The lowest BCUT2D eigenvalue weighted by Crippen LogP contribution is -2.21. The molecule has 234 valence electrons. The summed E-state index contributed by atoms with van der Waals surface area (Å²) in [7, 11) is 1.82. The van der Waals surface area contributed by atoms with E-state index in [2.05, 4.69) is 133 Å². The van der Waals surface area contributed by atoms with E-state index in [0.29, 0.717) is 0 Å². The largest absolute Gasteiger partial charge is 0.347 e. The molecule has 0 spiro atoms. The van der Waals surface area contributed by atoms with Crippen LogP contribution in [0.15, 0.2) is 119 Å². The molecular weight excluding hydrogens is 552 g/mol. The third-order valence-electron chi connectivity index (χ3n) is 7.90. The third-order valence-corrected chi connectivity index (χ3v) is 7.90. The van der Waals surface area contributed by atoms with Crippen LogP contribution in [0.4, 0.5) is 0 Å². The van der Waals surface area contributed by atoms with Gasteiger partial charge >= 0.3 is 0 Å². The number of nitrogens with zero attached hydrogens (tertiary/aromatic N) is 2. The van der Waals surface area contributed by atoms with Crippen molar-refractivity contribution in [1.82, 2.24) is 21.3 Å². The van der Waals surface area contributed by atoms with Gasteiger partial charge in [0.25, 0.3) is 0 Å². The number of allylic oxidation sites excluding steroid dienone is 4. The van der Waals surface area contributed by atoms with E-state index < -0.39 is 0 Å². The Hall–Kier alpha value is -4.52. The molecule has 0 amide bonds. The second kappa shape index (κ2) is 17.1. The molecule has 6 nitrogen and oxygen atoms in total. The molecular formula is C39H48N6. The summed E-state index contributed by atoms with van der Waals surface area (Å²) < 4.78 is 0. The molecule has 0 saturated heterocycles. The Morgan fingerprint density at radius 3 is 1.91 bits per heavy atom. The molecule has 2 aromatic carbocycles. The molecule has 2 aliphatic rings. The van der Waals surface area contributed by atoms with Crippen LogP contribution in [0.1, 0.15) is 48.9 Å². The zero-order chi connectivity index (χ0) is 32.0. The summed E-state index contributed by atoms with van der Waals surface area (Å²) >= 11 is 0. The predicted octanol–water partition coefficient (Wildman–Crippen LogP) is 7.39. The number of hydrogen-bond donors (Lipinski definition) is 4. The highest BCUT2D eigenvalue weighted by Gasteiger charge is 2.15. The summed E-state index contributed by atoms with van der Waals surface area (Å²) in [6, 6.07) is 13.1. The van der Waals surface area contributed by atoms with Crippen LogP contribution in [0.25, 0.3) is 22.3 Å². The van der Waals surface area contributed by atoms with Crippen molar-refractivity contribution in [1.29, 1.82) is 0 Å². The fourth-order valence-electron chi connectivity index (χ4n) is 5.44. The molecule has 0 aromatic heterocycles. The molecule has 45 heavy (non-hydrogen) atoms. The molecule has 4 rings (SSSR count). The second-order valence-electron chi connectivity index (χ2n) is 11.2. The van der Waals surface area contributed by atoms with Crippen LogP contribution in [0.3, 0.4) is 0 Å². The summed E-state index contributed by atoms with van der Waals surface area (Å²) in [6.07, 6.45) is 20.8. The zero-order valence-corrected chi connectivity index (χ0v) is 27.5. The quantitative estimate of drug-likeness (QED) is 0.192. The highest BCUT2D eigenvalue weighted by Crippen LogP contribution is 2.35. The second-order valence-corrected chi connectivity index (χ2v) is 11.2. The minimum atomic E-state index is 0.753. The first kappa shape index (κ1) is 33.4. The van der Waals surface area contributed by atoms with Crippen molar-refractivity contribution in [3.63, 3.8) is 0 Å². The molecule has 0 radical (unpaired) electrons. The fraction of sp³-hybridized carbons (Fsp3) is 0.282. The van der Waals surface area contributed by atoms with Crippen molar-refractivity contribution < 1.29 is 0 Å². The molecule has 4 N–H and O–H groups in total. The average Bonchev–Trinajstić information content (AvgIpc) is 3.02. The standard InChI is InChI=1S/C39H48N6/c1-7-20-41-24-30-16-18-32(22-38(40-6)44-26-30)34-12-10-14-36(28(34)4)37-15-11-13-35(29(37)5)33-19-17-31(25-42-21-8-2)27-45-39(23-33)43-9-3/h9-19,22-23,26-27,41-42H,3,7-8,20-21,24-25H2,1-2,4-6H3,(H,40,44)(H,43,45). The molecule has 2 aliphatic heterocycles. The Kier molecular flexibility index (Phi) is 12.7. The van der Waals surface area contributed by atoms with Crippen LogP contribution in [-0.4, -0.2) is 44.9 Å². The highest BCUT2D eigenvalue weighted by atomic mass is 15.0. The molecule has 0 atom stereocenters. The first-order valence-corrected chi connectivity index (χ1v) is 16.0. The molecule has 0 bridgehead atoms. The van der Waals surface area contributed by atoms with E-state index in [4.69, 9.17) is 4.99 Å². The third kappa shape index (κ3) is 9.00. The monoisotopic (exact) mass is 600 g/mol. The van der Waals surface area contributed by atoms with Gasteiger partial charge in [-0.1, -0.05) is 81.1 Å². The molecule has 0 unspecified atom stereocenters. The van der Waals surface area contributed by atoms with E-state index in [1.165, 1.54) is 39.0 Å². The van der Waals surface area contributed by atoms with Crippen molar-refractivity contribution >= 4 is 22.8 Å². The molecule has 6 heteroatoms. The maximum absolute atomic E-state index is 4.72. The summed E-state index contributed by atoms with van der Waals surface area (Å²) in [5, 5.41) is 13.6. The number of rotatable bonds is 12. The summed E-state index contributed by atoms with van der Waals surface area (Å²) in [6.45, 7) is 16.2. The Bertz CT molecular complexity index is 1610. The van der Waals surface area contributed by atoms with Gasteiger partial charge in [-0.3, -0.25) is 4.99 Å². The van der Waals surface area contributed by atoms with E-state index in [0.717, 1.165) is 67.4 Å². The van der Waals surface area contributed by atoms with Crippen LogP contribution >= 0.6 is 0 Å². The normalized spacial score (nSPS) is 18.9. The van der Waals surface area contributed by atoms with Gasteiger partial charge in [0.05, 0.1) is 0 Å². The van der Waals surface area contributed by atoms with Crippen molar-refractivity contribution in [3.05, 3.63) is 131 Å². The topological polar surface area (TPSA) is 72.8 Å². The van der Waals surface area contributed by atoms with Crippen LogP contribution in [0.5, 0.6) is 0 Å². The van der Waals surface area contributed by atoms with Gasteiger partial charge in [-0.25, -0.2) is 4.99 Å². The van der Waals surface area contributed by atoms with E-state index in [-0.39, 0.29) is 0 Å². The van der Waals surface area contributed by atoms with Crippen molar-refractivity contribution in [3.8, 4) is 11.1 Å². The maximum atomic E-state index is 4.72. The average molecular weight is 601 g/mol. The number of benzene rings is 2. The Morgan fingerprint density at radius 2 is 1.33 bits per heavy atom. The molecule has 2 aromatic rings. The minimum Gasteiger partial charge on any atom is -0.347 e. The van der Waals surface area contributed by atoms with Crippen molar-refractivity contribution in [2.45, 2.75) is 40.5 Å². The Balaban J connectivity index is 1.72. The molecule has 0 fully saturated rings. The van der Waals surface area contributed by atoms with Gasteiger partial charge in [-0.2, -0.15) is 0 Å². The Labute approximate surface area is 269 Å². The van der Waals surface area contributed by atoms with Crippen LogP contribution in [0, 0.1) is 13.8 Å². The van der Waals surface area contributed by atoms with Gasteiger partial charge in [-0.05, 0) is 114 Å². The smallest absolute Gasteiger partial charge is 0.130 e. The van der Waals surface area contributed by atoms with Gasteiger partial charge in [0, 0.05) is 32.5 Å². The van der Waals surface area contributed by atoms with E-state index in [9.17, 15) is 0 Å². The van der Waals surface area contributed by atoms with Gasteiger partial charge in [0.2, 0.25) is 0 Å². The summed E-state index contributed by atoms with van der Waals surface area (Å²) in [5.74, 6) is 1.58.